The summed E-state index contributed by atoms with van der Waals surface area (Å²) in [4.78, 5) is 32.3. The molecular weight excluding hydrogens is 473 g/mol. The van der Waals surface area contributed by atoms with Crippen LogP contribution in [0.15, 0.2) is 45.1 Å². The number of hydrogen-bond acceptors (Lipinski definition) is 7. The number of unbranched alkanes of at least 4 members (excludes halogenated alkanes) is 1. The van der Waals surface area contributed by atoms with Gasteiger partial charge in [-0.2, -0.15) is 13.2 Å². The Morgan fingerprint density at radius 2 is 1.85 bits per heavy atom. The number of alkyl halides is 3. The zero-order valence-corrected chi connectivity index (χ0v) is 18.9. The number of nitrogens with one attached hydrogen (secondary N) is 1. The highest BCUT2D eigenvalue weighted by atomic mass is 32.2. The third-order valence-electron chi connectivity index (χ3n) is 5.13. The van der Waals surface area contributed by atoms with Crippen molar-refractivity contribution in [1.29, 1.82) is 0 Å². The number of H-pyrrole nitrogens is 1. The van der Waals surface area contributed by atoms with Crippen molar-refractivity contribution in [1.82, 2.24) is 34.0 Å². The van der Waals surface area contributed by atoms with Crippen molar-refractivity contribution >= 4 is 22.9 Å². The van der Waals surface area contributed by atoms with Crippen molar-refractivity contribution < 1.29 is 13.2 Å². The second-order valence-corrected chi connectivity index (χ2v) is 8.44. The SMILES string of the molecule is CCCCn1c(CSc2nnc(C(F)(F)F)n2N)nc2c1c(=O)[nH]c(=O)n2Cc1ccccc1. The van der Waals surface area contributed by atoms with Gasteiger partial charge in [0.25, 0.3) is 11.4 Å². The smallest absolute Gasteiger partial charge is 0.335 e. The van der Waals surface area contributed by atoms with Crippen LogP contribution in [0.3, 0.4) is 0 Å². The Morgan fingerprint density at radius 1 is 1.12 bits per heavy atom. The van der Waals surface area contributed by atoms with Crippen LogP contribution in [0, 0.1) is 0 Å². The number of nitrogen functional groups attached to an aromatic ring is 1. The van der Waals surface area contributed by atoms with Crippen LogP contribution in [-0.4, -0.2) is 34.0 Å². The van der Waals surface area contributed by atoms with E-state index in [1.54, 1.807) is 4.57 Å². The average Bonchev–Trinajstić information content (AvgIpc) is 3.34. The molecule has 0 aliphatic carbocycles. The number of fused-ring (bicyclic) bond motifs is 1. The lowest BCUT2D eigenvalue weighted by Gasteiger charge is -2.09. The number of halogens is 3. The second kappa shape index (κ2) is 9.37. The highest BCUT2D eigenvalue weighted by Gasteiger charge is 2.38. The van der Waals surface area contributed by atoms with E-state index < -0.39 is 23.2 Å². The third-order valence-corrected chi connectivity index (χ3v) is 6.07. The number of hydrogen-bond donors (Lipinski definition) is 2. The zero-order valence-electron chi connectivity index (χ0n) is 18.0. The fourth-order valence-electron chi connectivity index (χ4n) is 3.50. The molecule has 0 bridgehead atoms. The van der Waals surface area contributed by atoms with Crippen LogP contribution in [0.5, 0.6) is 0 Å². The van der Waals surface area contributed by atoms with Crippen LogP contribution in [0.2, 0.25) is 0 Å². The number of nitrogens with two attached hydrogens (primary N) is 1. The molecule has 0 fully saturated rings. The van der Waals surface area contributed by atoms with Gasteiger partial charge < -0.3 is 10.4 Å². The number of aromatic amines is 1. The van der Waals surface area contributed by atoms with Gasteiger partial charge in [0, 0.05) is 6.54 Å². The van der Waals surface area contributed by atoms with Gasteiger partial charge in [-0.3, -0.25) is 14.3 Å². The van der Waals surface area contributed by atoms with Crippen molar-refractivity contribution in [2.75, 3.05) is 5.84 Å². The molecule has 0 unspecified atom stereocenters. The molecule has 180 valence electrons. The van der Waals surface area contributed by atoms with Crippen molar-refractivity contribution in [2.24, 2.45) is 0 Å². The number of aromatic nitrogens is 7. The van der Waals surface area contributed by atoms with Crippen molar-refractivity contribution in [2.45, 2.75) is 49.9 Å². The predicted molar refractivity (Wildman–Crippen MR) is 120 cm³/mol. The van der Waals surface area contributed by atoms with Gasteiger partial charge in [-0.15, -0.1) is 10.2 Å². The Balaban J connectivity index is 1.76. The Kier molecular flexibility index (Phi) is 6.50. The molecule has 4 rings (SSSR count). The largest absolute Gasteiger partial charge is 0.453 e. The summed E-state index contributed by atoms with van der Waals surface area (Å²) in [6, 6.07) is 9.22. The van der Waals surface area contributed by atoms with Gasteiger partial charge in [0.15, 0.2) is 11.2 Å². The summed E-state index contributed by atoms with van der Waals surface area (Å²) in [5.41, 5.74) is 0.0925. The number of rotatable bonds is 8. The maximum Gasteiger partial charge on any atom is 0.453 e. The molecule has 0 atom stereocenters. The molecule has 14 heteroatoms. The highest BCUT2D eigenvalue weighted by molar-refractivity contribution is 7.98. The minimum atomic E-state index is -4.74. The van der Waals surface area contributed by atoms with Crippen LogP contribution in [0.25, 0.3) is 11.2 Å². The molecule has 3 N–H and O–H groups in total. The molecule has 0 saturated heterocycles. The lowest BCUT2D eigenvalue weighted by atomic mass is 10.2. The molecule has 1 aromatic carbocycles. The molecule has 34 heavy (non-hydrogen) atoms. The fraction of sp³-hybridized carbons (Fsp3) is 0.350. The first-order chi connectivity index (χ1) is 16.2. The Hall–Kier alpha value is -3.55. The zero-order chi connectivity index (χ0) is 24.5. The van der Waals surface area contributed by atoms with Crippen molar-refractivity contribution in [3.8, 4) is 0 Å². The molecule has 0 spiro atoms. The number of imidazole rings is 1. The monoisotopic (exact) mass is 494 g/mol. The fourth-order valence-corrected chi connectivity index (χ4v) is 4.30. The van der Waals surface area contributed by atoms with Gasteiger partial charge in [0.2, 0.25) is 5.16 Å². The van der Waals surface area contributed by atoms with Crippen LogP contribution in [0.1, 0.15) is 37.0 Å². The van der Waals surface area contributed by atoms with Crippen LogP contribution in [-0.2, 0) is 25.0 Å². The summed E-state index contributed by atoms with van der Waals surface area (Å²) in [7, 11) is 0. The lowest BCUT2D eigenvalue weighted by Crippen LogP contribution is -2.31. The summed E-state index contributed by atoms with van der Waals surface area (Å²) in [6.45, 7) is 2.62. The van der Waals surface area contributed by atoms with Crippen LogP contribution >= 0.6 is 11.8 Å². The van der Waals surface area contributed by atoms with E-state index in [1.807, 2.05) is 37.3 Å². The minimum Gasteiger partial charge on any atom is -0.335 e. The Bertz CT molecular complexity index is 1420. The van der Waals surface area contributed by atoms with E-state index in [-0.39, 0.29) is 28.6 Å². The molecule has 0 amide bonds. The van der Waals surface area contributed by atoms with E-state index in [9.17, 15) is 22.8 Å². The predicted octanol–water partition coefficient (Wildman–Crippen LogP) is 2.35. The molecule has 0 aliphatic rings. The lowest BCUT2D eigenvalue weighted by molar-refractivity contribution is -0.146. The maximum atomic E-state index is 13.0. The minimum absolute atomic E-state index is 0.0601. The van der Waals surface area contributed by atoms with Crippen molar-refractivity contribution in [3.63, 3.8) is 0 Å². The van der Waals surface area contributed by atoms with Crippen LogP contribution in [0.4, 0.5) is 13.2 Å². The highest BCUT2D eigenvalue weighted by Crippen LogP contribution is 2.30. The molecule has 10 nitrogen and oxygen atoms in total. The topological polar surface area (TPSA) is 129 Å². The summed E-state index contributed by atoms with van der Waals surface area (Å²) >= 11 is 0.901. The first kappa shape index (κ1) is 23.6. The standard InChI is InChI=1S/C20H21F3N8O2S/c1-2-3-9-29-13(11-34-19-28-27-17(31(19)24)20(21,22)23)25-15-14(29)16(32)26-18(33)30(15)10-12-7-5-4-6-8-12/h4-8H,2-3,9-11,24H2,1H3,(H,26,32,33). The molecule has 0 aliphatic heterocycles. The Labute approximate surface area is 194 Å². The average molecular weight is 495 g/mol. The normalized spacial score (nSPS) is 12.0. The van der Waals surface area contributed by atoms with Gasteiger partial charge in [0.1, 0.15) is 5.82 Å². The molecule has 3 heterocycles. The van der Waals surface area contributed by atoms with E-state index in [1.165, 1.54) is 4.57 Å². The van der Waals surface area contributed by atoms with E-state index in [0.717, 1.165) is 30.2 Å². The van der Waals surface area contributed by atoms with Gasteiger partial charge in [-0.1, -0.05) is 55.4 Å². The molecule has 4 aromatic rings. The number of nitrogens with zero attached hydrogens (tertiary/aromatic N) is 6. The third kappa shape index (κ3) is 4.58. The van der Waals surface area contributed by atoms with E-state index in [2.05, 4.69) is 20.2 Å². The Morgan fingerprint density at radius 3 is 2.50 bits per heavy atom. The van der Waals surface area contributed by atoms with E-state index in [4.69, 9.17) is 5.84 Å². The van der Waals surface area contributed by atoms with Crippen molar-refractivity contribution in [3.05, 3.63) is 68.4 Å². The second-order valence-electron chi connectivity index (χ2n) is 7.50. The summed E-state index contributed by atoms with van der Waals surface area (Å²) in [6.07, 6.45) is -3.18. The molecule has 0 saturated carbocycles. The summed E-state index contributed by atoms with van der Waals surface area (Å²) in [5, 5.41) is 6.48. The van der Waals surface area contributed by atoms with E-state index in [0.29, 0.717) is 17.0 Å². The van der Waals surface area contributed by atoms with Gasteiger partial charge >= 0.3 is 11.9 Å². The summed E-state index contributed by atoms with van der Waals surface area (Å²) in [5.74, 6) is 4.67. The first-order valence-corrected chi connectivity index (χ1v) is 11.4. The number of thioether (sulfide) groups is 1. The number of benzene rings is 1. The van der Waals surface area contributed by atoms with E-state index >= 15 is 0 Å². The summed E-state index contributed by atoms with van der Waals surface area (Å²) < 4.78 is 42.4. The number of aryl methyl sites for hydroxylation is 1. The van der Waals surface area contributed by atoms with Gasteiger partial charge in [-0.25, -0.2) is 14.5 Å². The first-order valence-electron chi connectivity index (χ1n) is 10.4. The van der Waals surface area contributed by atoms with Gasteiger partial charge in [-0.05, 0) is 12.0 Å². The quantitative estimate of drug-likeness (QED) is 0.284. The molecule has 3 aromatic heterocycles. The van der Waals surface area contributed by atoms with Gasteiger partial charge in [0.05, 0.1) is 12.3 Å². The van der Waals surface area contributed by atoms with Crippen LogP contribution < -0.4 is 17.1 Å². The molecular formula is C20H21F3N8O2S. The maximum absolute atomic E-state index is 13.0. The molecule has 0 radical (unpaired) electrons.